The standard InChI is InChI=1S/C19H21F4N3O3/c20-13-8-4-5-9-14(13)26-16(28)18(19(21,22)23,25-17(26)29)24-15(27)11-10-12-6-2-1-3-7-12/h4-5,8-9,12H,1-3,6-7,10-11H2,(H,24,27)(H,25,29). The van der Waals surface area contributed by atoms with Crippen molar-refractivity contribution < 1.29 is 31.9 Å². The highest BCUT2D eigenvalue weighted by atomic mass is 19.4. The smallest absolute Gasteiger partial charge is 0.318 e. The summed E-state index contributed by atoms with van der Waals surface area (Å²) in [7, 11) is 0. The Morgan fingerprint density at radius 1 is 1.17 bits per heavy atom. The summed E-state index contributed by atoms with van der Waals surface area (Å²) in [5.74, 6) is -3.60. The molecular formula is C19H21F4N3O3. The molecule has 2 fully saturated rings. The number of hydrogen-bond donors (Lipinski definition) is 2. The first-order valence-electron chi connectivity index (χ1n) is 9.44. The average Bonchev–Trinajstić information content (AvgIpc) is 2.92. The van der Waals surface area contributed by atoms with E-state index in [9.17, 15) is 31.9 Å². The summed E-state index contributed by atoms with van der Waals surface area (Å²) in [6.45, 7) is 0. The van der Waals surface area contributed by atoms with E-state index in [-0.39, 0.29) is 17.2 Å². The Labute approximate surface area is 164 Å². The van der Waals surface area contributed by atoms with E-state index in [0.717, 1.165) is 44.2 Å². The lowest BCUT2D eigenvalue weighted by atomic mass is 9.86. The second-order valence-electron chi connectivity index (χ2n) is 7.36. The predicted octanol–water partition coefficient (Wildman–Crippen LogP) is 3.62. The average molecular weight is 415 g/mol. The number of halogens is 4. The van der Waals surface area contributed by atoms with Gasteiger partial charge in [0.15, 0.2) is 0 Å². The Hall–Kier alpha value is -2.65. The molecule has 1 saturated heterocycles. The molecule has 0 aromatic heterocycles. The SMILES string of the molecule is O=C(CCC1CCCCC1)NC1(C(F)(F)F)NC(=O)N(c2ccccc2F)C1=O. The number of alkyl halides is 3. The van der Waals surface area contributed by atoms with Crippen molar-refractivity contribution >= 4 is 23.5 Å². The van der Waals surface area contributed by atoms with Gasteiger partial charge < -0.3 is 5.32 Å². The number of para-hydroxylation sites is 1. The van der Waals surface area contributed by atoms with Crippen molar-refractivity contribution in [3.05, 3.63) is 30.1 Å². The third-order valence-electron chi connectivity index (χ3n) is 5.37. The minimum atomic E-state index is -5.32. The number of carbonyl (C=O) groups excluding carboxylic acids is 3. The van der Waals surface area contributed by atoms with E-state index < -0.39 is 41.2 Å². The van der Waals surface area contributed by atoms with Gasteiger partial charge in [-0.2, -0.15) is 13.2 Å². The monoisotopic (exact) mass is 415 g/mol. The molecule has 1 aromatic carbocycles. The fraction of sp³-hybridized carbons (Fsp3) is 0.526. The van der Waals surface area contributed by atoms with Gasteiger partial charge in [-0.05, 0) is 24.5 Å². The molecule has 0 spiro atoms. The zero-order valence-electron chi connectivity index (χ0n) is 15.5. The zero-order valence-corrected chi connectivity index (χ0v) is 15.5. The van der Waals surface area contributed by atoms with Crippen LogP contribution in [0, 0.1) is 11.7 Å². The van der Waals surface area contributed by atoms with Crippen molar-refractivity contribution in [2.24, 2.45) is 5.92 Å². The third kappa shape index (κ3) is 4.06. The van der Waals surface area contributed by atoms with Gasteiger partial charge in [0, 0.05) is 6.42 Å². The maximum Gasteiger partial charge on any atom is 0.440 e. The molecule has 1 aliphatic carbocycles. The summed E-state index contributed by atoms with van der Waals surface area (Å²) in [5, 5.41) is 3.18. The summed E-state index contributed by atoms with van der Waals surface area (Å²) in [6.07, 6.45) is -0.157. The molecule has 1 aromatic rings. The number of benzene rings is 1. The van der Waals surface area contributed by atoms with Crippen molar-refractivity contribution in [3.63, 3.8) is 0 Å². The molecule has 0 radical (unpaired) electrons. The minimum absolute atomic E-state index is 0.0598. The van der Waals surface area contributed by atoms with Crippen molar-refractivity contribution in [2.45, 2.75) is 56.8 Å². The maximum absolute atomic E-state index is 14.0. The summed E-state index contributed by atoms with van der Waals surface area (Å²) in [6, 6.07) is 2.98. The molecule has 29 heavy (non-hydrogen) atoms. The van der Waals surface area contributed by atoms with E-state index in [1.165, 1.54) is 17.4 Å². The van der Waals surface area contributed by atoms with E-state index in [0.29, 0.717) is 6.42 Å². The summed E-state index contributed by atoms with van der Waals surface area (Å²) in [5.41, 5.74) is -4.26. The number of hydrogen-bond acceptors (Lipinski definition) is 3. The Morgan fingerprint density at radius 3 is 2.45 bits per heavy atom. The van der Waals surface area contributed by atoms with Crippen LogP contribution in [0.15, 0.2) is 24.3 Å². The van der Waals surface area contributed by atoms with Gasteiger partial charge in [-0.1, -0.05) is 44.2 Å². The number of urea groups is 1. The van der Waals surface area contributed by atoms with Gasteiger partial charge in [0.25, 0.3) is 11.6 Å². The normalized spacial score (nSPS) is 23.2. The molecule has 3 rings (SSSR count). The number of amides is 4. The Kier molecular flexibility index (Phi) is 5.81. The number of nitrogens with one attached hydrogen (secondary N) is 2. The van der Waals surface area contributed by atoms with Gasteiger partial charge in [0.1, 0.15) is 5.82 Å². The first kappa shape index (κ1) is 21.1. The molecule has 0 bridgehead atoms. The lowest BCUT2D eigenvalue weighted by Gasteiger charge is -2.30. The predicted molar refractivity (Wildman–Crippen MR) is 95.2 cm³/mol. The van der Waals surface area contributed by atoms with Crippen LogP contribution in [-0.2, 0) is 9.59 Å². The van der Waals surface area contributed by atoms with Crippen LogP contribution >= 0.6 is 0 Å². The zero-order chi connectivity index (χ0) is 21.2. The van der Waals surface area contributed by atoms with Crippen LogP contribution in [0.5, 0.6) is 0 Å². The van der Waals surface area contributed by atoms with E-state index in [4.69, 9.17) is 0 Å². The molecule has 10 heteroatoms. The number of anilines is 1. The highest BCUT2D eigenvalue weighted by molar-refractivity contribution is 6.24. The van der Waals surface area contributed by atoms with Crippen LogP contribution in [0.4, 0.5) is 28.0 Å². The lowest BCUT2D eigenvalue weighted by molar-refractivity contribution is -0.201. The molecule has 1 heterocycles. The van der Waals surface area contributed by atoms with Crippen LogP contribution < -0.4 is 15.5 Å². The number of nitrogens with zero attached hydrogens (tertiary/aromatic N) is 1. The van der Waals surface area contributed by atoms with Crippen LogP contribution in [0.2, 0.25) is 0 Å². The third-order valence-corrected chi connectivity index (χ3v) is 5.37. The van der Waals surface area contributed by atoms with Crippen molar-refractivity contribution in [3.8, 4) is 0 Å². The Morgan fingerprint density at radius 2 is 1.83 bits per heavy atom. The molecular weight excluding hydrogens is 394 g/mol. The van der Waals surface area contributed by atoms with Crippen LogP contribution in [-0.4, -0.2) is 29.7 Å². The largest absolute Gasteiger partial charge is 0.440 e. The molecule has 1 saturated carbocycles. The van der Waals surface area contributed by atoms with Crippen molar-refractivity contribution in [2.75, 3.05) is 4.90 Å². The molecule has 2 aliphatic rings. The fourth-order valence-electron chi connectivity index (χ4n) is 3.81. The molecule has 6 nitrogen and oxygen atoms in total. The molecule has 1 aliphatic heterocycles. The Bertz CT molecular complexity index is 808. The lowest BCUT2D eigenvalue weighted by Crippen LogP contribution is -2.69. The molecule has 1 atom stereocenters. The van der Waals surface area contributed by atoms with Gasteiger partial charge in [-0.3, -0.25) is 14.9 Å². The second-order valence-corrected chi connectivity index (χ2v) is 7.36. The van der Waals surface area contributed by atoms with E-state index in [1.54, 1.807) is 5.32 Å². The first-order chi connectivity index (χ1) is 13.7. The van der Waals surface area contributed by atoms with Gasteiger partial charge in [0.05, 0.1) is 5.69 Å². The maximum atomic E-state index is 14.0. The molecule has 4 amide bonds. The van der Waals surface area contributed by atoms with E-state index >= 15 is 0 Å². The highest BCUT2D eigenvalue weighted by Crippen LogP contribution is 2.36. The minimum Gasteiger partial charge on any atom is -0.318 e. The van der Waals surface area contributed by atoms with E-state index in [2.05, 4.69) is 0 Å². The summed E-state index contributed by atoms with van der Waals surface area (Å²) >= 11 is 0. The highest BCUT2D eigenvalue weighted by Gasteiger charge is 2.69. The first-order valence-corrected chi connectivity index (χ1v) is 9.44. The van der Waals surface area contributed by atoms with Crippen molar-refractivity contribution in [1.82, 2.24) is 10.6 Å². The van der Waals surface area contributed by atoms with Gasteiger partial charge in [-0.15, -0.1) is 0 Å². The molecule has 1 unspecified atom stereocenters. The van der Waals surface area contributed by atoms with Crippen LogP contribution in [0.3, 0.4) is 0 Å². The second kappa shape index (κ2) is 8.00. The van der Waals surface area contributed by atoms with Crippen molar-refractivity contribution in [1.29, 1.82) is 0 Å². The van der Waals surface area contributed by atoms with Crippen LogP contribution in [0.1, 0.15) is 44.9 Å². The number of rotatable bonds is 5. The van der Waals surface area contributed by atoms with Gasteiger partial charge in [0.2, 0.25) is 5.91 Å². The van der Waals surface area contributed by atoms with Gasteiger partial charge in [-0.25, -0.2) is 14.1 Å². The molecule has 158 valence electrons. The summed E-state index contributed by atoms with van der Waals surface area (Å²) in [4.78, 5) is 37.1. The number of carbonyl (C=O) groups is 3. The number of imide groups is 1. The van der Waals surface area contributed by atoms with E-state index in [1.807, 2.05) is 0 Å². The fourth-order valence-corrected chi connectivity index (χ4v) is 3.81. The Balaban J connectivity index is 1.80. The topological polar surface area (TPSA) is 78.5 Å². The molecule has 2 N–H and O–H groups in total. The van der Waals surface area contributed by atoms with Gasteiger partial charge >= 0.3 is 12.2 Å². The van der Waals surface area contributed by atoms with Crippen LogP contribution in [0.25, 0.3) is 0 Å². The quantitative estimate of drug-likeness (QED) is 0.570. The summed E-state index contributed by atoms with van der Waals surface area (Å²) < 4.78 is 55.4.